The van der Waals surface area contributed by atoms with E-state index in [2.05, 4.69) is 10.5 Å². The summed E-state index contributed by atoms with van der Waals surface area (Å²) in [4.78, 5) is 11.6. The minimum absolute atomic E-state index is 0.190. The van der Waals surface area contributed by atoms with Crippen molar-refractivity contribution in [3.63, 3.8) is 0 Å². The van der Waals surface area contributed by atoms with Crippen LogP contribution in [0.4, 0.5) is 4.39 Å². The van der Waals surface area contributed by atoms with Crippen molar-refractivity contribution in [3.05, 3.63) is 72.1 Å². The normalized spacial score (nSPS) is 11.5. The van der Waals surface area contributed by atoms with Gasteiger partial charge in [0.15, 0.2) is 6.61 Å². The topological polar surface area (TPSA) is 50.7 Å². The lowest BCUT2D eigenvalue weighted by Gasteiger charge is -2.04. The number of halogens is 1. The average molecular weight is 312 g/mol. The molecular weight excluding hydrogens is 295 g/mol. The van der Waals surface area contributed by atoms with Crippen LogP contribution in [0, 0.1) is 5.82 Å². The molecule has 0 bridgehead atoms. The first kappa shape index (κ1) is 16.4. The minimum atomic E-state index is -0.387. The lowest BCUT2D eigenvalue weighted by atomic mass is 10.2. The Bertz CT molecular complexity index is 695. The summed E-state index contributed by atoms with van der Waals surface area (Å²) in [5.74, 6) is -0.319. The fourth-order valence-corrected chi connectivity index (χ4v) is 1.68. The second-order valence-corrected chi connectivity index (χ2v) is 4.77. The minimum Gasteiger partial charge on any atom is -0.484 e. The third-order valence-electron chi connectivity index (χ3n) is 2.86. The van der Waals surface area contributed by atoms with Crippen molar-refractivity contribution in [1.29, 1.82) is 0 Å². The number of allylic oxidation sites excluding steroid dienone is 1. The van der Waals surface area contributed by atoms with E-state index in [0.29, 0.717) is 11.5 Å². The lowest BCUT2D eigenvalue weighted by Crippen LogP contribution is -2.25. The first-order valence-corrected chi connectivity index (χ1v) is 7.08. The summed E-state index contributed by atoms with van der Waals surface area (Å²) in [6, 6.07) is 15.2. The van der Waals surface area contributed by atoms with Gasteiger partial charge in [-0.05, 0) is 42.8 Å². The highest BCUT2D eigenvalue weighted by atomic mass is 19.1. The van der Waals surface area contributed by atoms with Gasteiger partial charge in [0.2, 0.25) is 0 Å². The van der Waals surface area contributed by atoms with Crippen LogP contribution in [-0.2, 0) is 4.79 Å². The molecule has 0 fully saturated rings. The van der Waals surface area contributed by atoms with Crippen molar-refractivity contribution in [3.8, 4) is 5.75 Å². The van der Waals surface area contributed by atoms with Crippen LogP contribution >= 0.6 is 0 Å². The molecule has 4 nitrogen and oxygen atoms in total. The van der Waals surface area contributed by atoms with Crippen molar-refractivity contribution in [2.75, 3.05) is 6.61 Å². The summed E-state index contributed by atoms with van der Waals surface area (Å²) in [6.45, 7) is 1.59. The lowest BCUT2D eigenvalue weighted by molar-refractivity contribution is -0.123. The van der Waals surface area contributed by atoms with Gasteiger partial charge >= 0.3 is 0 Å². The molecule has 1 amide bonds. The molecule has 118 valence electrons. The molecule has 0 aromatic heterocycles. The predicted molar refractivity (Wildman–Crippen MR) is 88.6 cm³/mol. The van der Waals surface area contributed by atoms with E-state index >= 15 is 0 Å². The van der Waals surface area contributed by atoms with Gasteiger partial charge in [0.25, 0.3) is 5.91 Å². The molecule has 2 aromatic carbocycles. The third-order valence-corrected chi connectivity index (χ3v) is 2.86. The van der Waals surface area contributed by atoms with E-state index < -0.39 is 0 Å². The smallest absolute Gasteiger partial charge is 0.277 e. The molecule has 5 heteroatoms. The van der Waals surface area contributed by atoms with E-state index in [4.69, 9.17) is 4.74 Å². The first-order chi connectivity index (χ1) is 11.1. The van der Waals surface area contributed by atoms with Gasteiger partial charge in [-0.2, -0.15) is 5.10 Å². The zero-order valence-corrected chi connectivity index (χ0v) is 12.7. The summed E-state index contributed by atoms with van der Waals surface area (Å²) >= 11 is 0. The van der Waals surface area contributed by atoms with Crippen molar-refractivity contribution >= 4 is 17.7 Å². The number of amides is 1. The molecule has 0 saturated heterocycles. The quantitative estimate of drug-likeness (QED) is 0.656. The highest BCUT2D eigenvalue weighted by Gasteiger charge is 2.01. The molecule has 0 unspecified atom stereocenters. The Balaban J connectivity index is 1.78. The third kappa shape index (κ3) is 6.13. The maximum atomic E-state index is 12.7. The van der Waals surface area contributed by atoms with Gasteiger partial charge in [0.05, 0.1) is 5.71 Å². The van der Waals surface area contributed by atoms with Crippen molar-refractivity contribution in [2.45, 2.75) is 6.92 Å². The fraction of sp³-hybridized carbons (Fsp3) is 0.111. The number of nitrogens with one attached hydrogen (secondary N) is 1. The molecule has 0 aliphatic heterocycles. The zero-order chi connectivity index (χ0) is 16.5. The average Bonchev–Trinajstić information content (AvgIpc) is 2.58. The van der Waals surface area contributed by atoms with Gasteiger partial charge in [0.1, 0.15) is 11.6 Å². The number of carbonyl (C=O) groups excluding carboxylic acids is 1. The van der Waals surface area contributed by atoms with Gasteiger partial charge in [-0.1, -0.05) is 36.4 Å². The number of carbonyl (C=O) groups is 1. The Morgan fingerprint density at radius 3 is 2.57 bits per heavy atom. The van der Waals surface area contributed by atoms with Gasteiger partial charge in [-0.15, -0.1) is 0 Å². The molecule has 2 aromatic rings. The number of nitrogens with zero attached hydrogens (tertiary/aromatic N) is 1. The maximum absolute atomic E-state index is 12.7. The van der Waals surface area contributed by atoms with Crippen LogP contribution in [0.5, 0.6) is 5.75 Å². The number of ether oxygens (including phenoxy) is 1. The Hall–Kier alpha value is -2.95. The fourth-order valence-electron chi connectivity index (χ4n) is 1.68. The van der Waals surface area contributed by atoms with E-state index in [1.807, 2.05) is 36.4 Å². The van der Waals surface area contributed by atoms with Crippen LogP contribution < -0.4 is 10.2 Å². The van der Waals surface area contributed by atoms with Gasteiger partial charge in [0, 0.05) is 0 Å². The van der Waals surface area contributed by atoms with E-state index in [1.165, 1.54) is 24.3 Å². The largest absolute Gasteiger partial charge is 0.484 e. The van der Waals surface area contributed by atoms with Crippen molar-refractivity contribution in [2.24, 2.45) is 5.10 Å². The highest BCUT2D eigenvalue weighted by Crippen LogP contribution is 2.10. The second kappa shape index (κ2) is 8.48. The Morgan fingerprint density at radius 2 is 1.87 bits per heavy atom. The number of hydrogen-bond donors (Lipinski definition) is 1. The van der Waals surface area contributed by atoms with Crippen LogP contribution in [0.1, 0.15) is 12.5 Å². The van der Waals surface area contributed by atoms with Crippen LogP contribution in [0.3, 0.4) is 0 Å². The van der Waals surface area contributed by atoms with Crippen LogP contribution in [0.15, 0.2) is 65.8 Å². The molecule has 0 atom stereocenters. The van der Waals surface area contributed by atoms with E-state index in [-0.39, 0.29) is 18.3 Å². The molecule has 0 heterocycles. The van der Waals surface area contributed by atoms with Gasteiger partial charge in [-0.3, -0.25) is 4.79 Å². The van der Waals surface area contributed by atoms with Gasteiger partial charge < -0.3 is 4.74 Å². The zero-order valence-electron chi connectivity index (χ0n) is 12.7. The molecule has 0 spiro atoms. The molecular formula is C18H17FN2O2. The molecule has 1 N–H and O–H groups in total. The maximum Gasteiger partial charge on any atom is 0.277 e. The number of benzene rings is 2. The molecule has 0 radical (unpaired) electrons. The molecule has 2 rings (SSSR count). The summed E-state index contributed by atoms with van der Waals surface area (Å²) in [6.07, 6.45) is 3.70. The predicted octanol–water partition coefficient (Wildman–Crippen LogP) is 3.41. The second-order valence-electron chi connectivity index (χ2n) is 4.77. The Labute approximate surface area is 134 Å². The molecule has 0 aliphatic carbocycles. The molecule has 0 aliphatic rings. The van der Waals surface area contributed by atoms with Crippen LogP contribution in [-0.4, -0.2) is 18.2 Å². The summed E-state index contributed by atoms with van der Waals surface area (Å²) in [5.41, 5.74) is 4.10. The number of hydrazone groups is 1. The summed E-state index contributed by atoms with van der Waals surface area (Å²) in [5, 5.41) is 3.96. The Kier molecular flexibility index (Phi) is 6.06. The van der Waals surface area contributed by atoms with E-state index in [0.717, 1.165) is 5.56 Å². The summed E-state index contributed by atoms with van der Waals surface area (Å²) in [7, 11) is 0. The first-order valence-electron chi connectivity index (χ1n) is 7.08. The van der Waals surface area contributed by atoms with Crippen molar-refractivity contribution < 1.29 is 13.9 Å². The summed E-state index contributed by atoms with van der Waals surface area (Å²) < 4.78 is 17.9. The number of hydrogen-bond acceptors (Lipinski definition) is 3. The monoisotopic (exact) mass is 312 g/mol. The Morgan fingerprint density at radius 1 is 1.17 bits per heavy atom. The standard InChI is InChI=1S/C18H17FN2O2/c1-14(7-8-15-5-3-2-4-6-15)20-21-18(22)13-23-17-11-9-16(19)10-12-17/h2-12H,13H2,1H3,(H,21,22)/b8-7+,20-14-. The van der Waals surface area contributed by atoms with E-state index in [1.54, 1.807) is 13.0 Å². The van der Waals surface area contributed by atoms with Crippen molar-refractivity contribution in [1.82, 2.24) is 5.43 Å². The molecule has 0 saturated carbocycles. The van der Waals surface area contributed by atoms with Crippen LogP contribution in [0.2, 0.25) is 0 Å². The highest BCUT2D eigenvalue weighted by molar-refractivity contribution is 5.97. The molecule has 23 heavy (non-hydrogen) atoms. The van der Waals surface area contributed by atoms with Crippen LogP contribution in [0.25, 0.3) is 6.08 Å². The number of rotatable bonds is 6. The van der Waals surface area contributed by atoms with E-state index in [9.17, 15) is 9.18 Å². The SMILES string of the molecule is CC(/C=C/c1ccccc1)=N/NC(=O)COc1ccc(F)cc1. The van der Waals surface area contributed by atoms with Gasteiger partial charge in [-0.25, -0.2) is 9.82 Å².